The molecule has 128 valence electrons. The van der Waals surface area contributed by atoms with E-state index in [0.717, 1.165) is 26.5 Å². The van der Waals surface area contributed by atoms with Crippen LogP contribution in [0.25, 0.3) is 20.9 Å². The van der Waals surface area contributed by atoms with Gasteiger partial charge in [0.2, 0.25) is 0 Å². The molecule has 0 aliphatic rings. The largest absolute Gasteiger partial charge is 0.328 e. The summed E-state index contributed by atoms with van der Waals surface area (Å²) in [6.07, 6.45) is 3.24. The smallest absolute Gasteiger partial charge is 0.261 e. The van der Waals surface area contributed by atoms with Crippen LogP contribution in [0.2, 0.25) is 0 Å². The monoisotopic (exact) mass is 362 g/mol. The number of pyridine rings is 2. The molecule has 2 N–H and O–H groups in total. The van der Waals surface area contributed by atoms with Gasteiger partial charge in [0.1, 0.15) is 20.9 Å². The maximum absolute atomic E-state index is 12.3. The number of aryl methyl sites for hydroxylation is 1. The van der Waals surface area contributed by atoms with E-state index >= 15 is 0 Å². The van der Waals surface area contributed by atoms with E-state index in [4.69, 9.17) is 0 Å². The van der Waals surface area contributed by atoms with Crippen LogP contribution < -0.4 is 10.9 Å². The highest BCUT2D eigenvalue weighted by atomic mass is 32.1. The number of nitrogens with one attached hydrogen (secondary N) is 2. The quantitative estimate of drug-likeness (QED) is 0.583. The fourth-order valence-corrected chi connectivity index (χ4v) is 3.52. The Morgan fingerprint density at radius 1 is 1.19 bits per heavy atom. The van der Waals surface area contributed by atoms with E-state index in [2.05, 4.69) is 20.3 Å². The van der Waals surface area contributed by atoms with Crippen LogP contribution in [-0.4, -0.2) is 20.9 Å². The summed E-state index contributed by atoms with van der Waals surface area (Å²) in [5, 5.41) is 3.66. The van der Waals surface area contributed by atoms with E-state index in [1.54, 1.807) is 12.3 Å². The van der Waals surface area contributed by atoms with Crippen LogP contribution in [0.4, 0.5) is 5.69 Å². The summed E-state index contributed by atoms with van der Waals surface area (Å²) in [5.41, 5.74) is 3.03. The zero-order valence-corrected chi connectivity index (χ0v) is 14.6. The van der Waals surface area contributed by atoms with Gasteiger partial charge in [-0.15, -0.1) is 0 Å². The van der Waals surface area contributed by atoms with Crippen molar-refractivity contribution in [3.8, 4) is 10.6 Å². The highest BCUT2D eigenvalue weighted by Gasteiger charge is 2.13. The first-order valence-electron chi connectivity index (χ1n) is 7.93. The van der Waals surface area contributed by atoms with Crippen molar-refractivity contribution in [3.63, 3.8) is 0 Å². The molecule has 0 fully saturated rings. The van der Waals surface area contributed by atoms with Crippen LogP contribution in [0.1, 0.15) is 15.9 Å². The Labute approximate surface area is 152 Å². The molecule has 3 aromatic heterocycles. The second kappa shape index (κ2) is 6.53. The van der Waals surface area contributed by atoms with E-state index in [9.17, 15) is 9.59 Å². The number of carbonyl (C=O) groups is 1. The number of carbonyl (C=O) groups excluding carboxylic acids is 1. The molecule has 0 bridgehead atoms. The molecule has 1 aromatic carbocycles. The van der Waals surface area contributed by atoms with Crippen molar-refractivity contribution >= 4 is 33.3 Å². The number of benzene rings is 1. The summed E-state index contributed by atoms with van der Waals surface area (Å²) >= 11 is 1.52. The number of fused-ring (bicyclic) bond motifs is 1. The van der Waals surface area contributed by atoms with E-state index in [0.29, 0.717) is 5.69 Å². The predicted molar refractivity (Wildman–Crippen MR) is 103 cm³/mol. The highest BCUT2D eigenvalue weighted by molar-refractivity contribution is 7.21. The lowest BCUT2D eigenvalue weighted by Gasteiger charge is -2.09. The van der Waals surface area contributed by atoms with E-state index in [1.165, 1.54) is 23.6 Å². The Morgan fingerprint density at radius 3 is 2.85 bits per heavy atom. The summed E-state index contributed by atoms with van der Waals surface area (Å²) in [5.74, 6) is -0.438. The Hall–Kier alpha value is -3.32. The molecule has 4 rings (SSSR count). The van der Waals surface area contributed by atoms with Crippen molar-refractivity contribution in [3.05, 3.63) is 76.3 Å². The second-order valence-electron chi connectivity index (χ2n) is 5.74. The van der Waals surface area contributed by atoms with E-state index in [1.807, 2.05) is 37.3 Å². The van der Waals surface area contributed by atoms with Gasteiger partial charge in [-0.1, -0.05) is 11.3 Å². The highest BCUT2D eigenvalue weighted by Crippen LogP contribution is 2.31. The standard InChI is InChI=1S/C19H14N4O2S/c1-11-10-12(18-23-15-5-3-9-21-19(15)26-18)6-7-14(11)22-17(25)13-4-2-8-20-16(13)24/h2-10H,1H3,(H,20,24)(H,22,25). The lowest BCUT2D eigenvalue weighted by atomic mass is 10.1. The third-order valence-corrected chi connectivity index (χ3v) is 4.98. The van der Waals surface area contributed by atoms with Gasteiger partial charge >= 0.3 is 0 Å². The number of rotatable bonds is 3. The normalized spacial score (nSPS) is 10.8. The molecule has 0 aliphatic heterocycles. The van der Waals surface area contributed by atoms with Crippen LogP contribution in [0.5, 0.6) is 0 Å². The minimum Gasteiger partial charge on any atom is -0.328 e. The van der Waals surface area contributed by atoms with Gasteiger partial charge in [-0.25, -0.2) is 9.97 Å². The Morgan fingerprint density at radius 2 is 2.08 bits per heavy atom. The molecule has 0 unspecified atom stereocenters. The van der Waals surface area contributed by atoms with Crippen molar-refractivity contribution in [1.29, 1.82) is 0 Å². The molecule has 0 spiro atoms. The molecule has 0 radical (unpaired) electrons. The maximum atomic E-state index is 12.3. The maximum Gasteiger partial charge on any atom is 0.261 e. The van der Waals surface area contributed by atoms with Crippen molar-refractivity contribution in [2.45, 2.75) is 6.92 Å². The van der Waals surface area contributed by atoms with Crippen LogP contribution in [0.3, 0.4) is 0 Å². The van der Waals surface area contributed by atoms with Gasteiger partial charge in [-0.3, -0.25) is 9.59 Å². The molecule has 1 amide bonds. The number of aromatic amines is 1. The zero-order valence-electron chi connectivity index (χ0n) is 13.8. The van der Waals surface area contributed by atoms with Gasteiger partial charge in [-0.05, 0) is 55.0 Å². The first-order valence-corrected chi connectivity index (χ1v) is 8.75. The van der Waals surface area contributed by atoms with Crippen molar-refractivity contribution in [1.82, 2.24) is 15.0 Å². The summed E-state index contributed by atoms with van der Waals surface area (Å²) in [6, 6.07) is 12.6. The summed E-state index contributed by atoms with van der Waals surface area (Å²) in [6.45, 7) is 1.90. The fraction of sp³-hybridized carbons (Fsp3) is 0.0526. The minimum atomic E-state index is -0.438. The number of anilines is 1. The molecule has 3 heterocycles. The van der Waals surface area contributed by atoms with Crippen molar-refractivity contribution in [2.24, 2.45) is 0 Å². The number of nitrogens with zero attached hydrogens (tertiary/aromatic N) is 2. The Bertz CT molecular complexity index is 1150. The molecular formula is C19H14N4O2S. The van der Waals surface area contributed by atoms with Gasteiger partial charge in [0.05, 0.1) is 0 Å². The first-order chi connectivity index (χ1) is 12.6. The topological polar surface area (TPSA) is 87.7 Å². The molecule has 0 saturated carbocycles. The van der Waals surface area contributed by atoms with Gasteiger partial charge < -0.3 is 10.3 Å². The van der Waals surface area contributed by atoms with E-state index < -0.39 is 11.5 Å². The fourth-order valence-electron chi connectivity index (χ4n) is 2.62. The molecule has 7 heteroatoms. The number of aromatic nitrogens is 3. The van der Waals surface area contributed by atoms with Crippen molar-refractivity contribution in [2.75, 3.05) is 5.32 Å². The van der Waals surface area contributed by atoms with Gasteiger partial charge in [-0.2, -0.15) is 0 Å². The average Bonchev–Trinajstić information content (AvgIpc) is 3.08. The SMILES string of the molecule is Cc1cc(-c2nc3cccnc3s2)ccc1NC(=O)c1ccc[nH]c1=O. The van der Waals surface area contributed by atoms with Gasteiger partial charge in [0.15, 0.2) is 0 Å². The van der Waals surface area contributed by atoms with Crippen LogP contribution in [0.15, 0.2) is 59.7 Å². The number of amides is 1. The predicted octanol–water partition coefficient (Wildman–Crippen LogP) is 3.61. The number of H-pyrrole nitrogens is 1. The van der Waals surface area contributed by atoms with Crippen LogP contribution >= 0.6 is 11.3 Å². The lowest BCUT2D eigenvalue weighted by Crippen LogP contribution is -2.22. The summed E-state index contributed by atoms with van der Waals surface area (Å²) in [4.78, 5) is 36.3. The number of hydrogen-bond acceptors (Lipinski definition) is 5. The van der Waals surface area contributed by atoms with Crippen molar-refractivity contribution < 1.29 is 4.79 Å². The Balaban J connectivity index is 1.63. The second-order valence-corrected chi connectivity index (χ2v) is 6.72. The van der Waals surface area contributed by atoms with Crippen LogP contribution in [0, 0.1) is 6.92 Å². The average molecular weight is 362 g/mol. The molecule has 26 heavy (non-hydrogen) atoms. The van der Waals surface area contributed by atoms with Gasteiger partial charge in [0, 0.05) is 23.6 Å². The molecule has 4 aromatic rings. The molecule has 6 nitrogen and oxygen atoms in total. The van der Waals surface area contributed by atoms with E-state index in [-0.39, 0.29) is 5.56 Å². The Kier molecular flexibility index (Phi) is 4.06. The minimum absolute atomic E-state index is 0.0771. The third kappa shape index (κ3) is 3.00. The molecular weight excluding hydrogens is 348 g/mol. The third-order valence-electron chi connectivity index (χ3n) is 3.95. The first kappa shape index (κ1) is 16.2. The zero-order chi connectivity index (χ0) is 18.1. The van der Waals surface area contributed by atoms with Crippen LogP contribution in [-0.2, 0) is 0 Å². The number of hydrogen-bond donors (Lipinski definition) is 2. The number of thiazole rings is 1. The summed E-state index contributed by atoms with van der Waals surface area (Å²) in [7, 11) is 0. The molecule has 0 saturated heterocycles. The summed E-state index contributed by atoms with van der Waals surface area (Å²) < 4.78 is 0. The molecule has 0 aliphatic carbocycles. The van der Waals surface area contributed by atoms with Gasteiger partial charge in [0.25, 0.3) is 11.5 Å². The molecule has 0 atom stereocenters. The lowest BCUT2D eigenvalue weighted by molar-refractivity contribution is 0.102.